The van der Waals surface area contributed by atoms with Crippen LogP contribution in [0.3, 0.4) is 0 Å². The monoisotopic (exact) mass is 378 g/mol. The van der Waals surface area contributed by atoms with Gasteiger partial charge in [-0.3, -0.25) is 9.69 Å². The molecule has 28 heavy (non-hydrogen) atoms. The molecule has 0 saturated carbocycles. The molecule has 0 aromatic heterocycles. The summed E-state index contributed by atoms with van der Waals surface area (Å²) >= 11 is 0. The molecular weight excluding hydrogens is 355 g/mol. The molecule has 1 atom stereocenters. The maximum absolute atomic E-state index is 13.2. The molecule has 2 N–H and O–H groups in total. The maximum Gasteiger partial charge on any atom is 0.239 e. The number of likely N-dealkylation sites (N-methyl/N-ethyl adjacent to an activating group) is 1. The molecule has 3 aromatic rings. The average Bonchev–Trinajstić information content (AvgIpc) is 2.68. The summed E-state index contributed by atoms with van der Waals surface area (Å²) in [4.78, 5) is 13.9. The van der Waals surface area contributed by atoms with Crippen molar-refractivity contribution < 1.29 is 13.9 Å². The molecule has 0 spiro atoms. The summed E-state index contributed by atoms with van der Waals surface area (Å²) in [5, 5.41) is 0. The van der Waals surface area contributed by atoms with Gasteiger partial charge in [-0.15, -0.1) is 0 Å². The summed E-state index contributed by atoms with van der Waals surface area (Å²) in [6, 6.07) is 23.0. The lowest BCUT2D eigenvalue weighted by Gasteiger charge is -2.26. The Morgan fingerprint density at radius 1 is 1.00 bits per heavy atom. The predicted molar refractivity (Wildman–Crippen MR) is 107 cm³/mol. The minimum Gasteiger partial charge on any atom is -0.489 e. The highest BCUT2D eigenvalue weighted by molar-refractivity contribution is 5.81. The summed E-state index contributed by atoms with van der Waals surface area (Å²) in [5.74, 6) is 0.0378. The highest BCUT2D eigenvalue weighted by atomic mass is 19.1. The van der Waals surface area contributed by atoms with Crippen LogP contribution in [0.1, 0.15) is 22.7 Å². The zero-order valence-corrected chi connectivity index (χ0v) is 15.7. The molecule has 5 heteroatoms. The van der Waals surface area contributed by atoms with Gasteiger partial charge in [-0.25, -0.2) is 4.39 Å². The van der Waals surface area contributed by atoms with Gasteiger partial charge in [0.1, 0.15) is 24.2 Å². The van der Waals surface area contributed by atoms with Crippen LogP contribution in [0.15, 0.2) is 78.9 Å². The molecule has 3 rings (SSSR count). The lowest BCUT2D eigenvalue weighted by molar-refractivity contribution is -0.123. The molecule has 0 heterocycles. The summed E-state index contributed by atoms with van der Waals surface area (Å²) in [6.07, 6.45) is 0. The Morgan fingerprint density at radius 2 is 1.71 bits per heavy atom. The molecule has 3 aromatic carbocycles. The normalized spacial score (nSPS) is 12.0. The van der Waals surface area contributed by atoms with Gasteiger partial charge in [0.05, 0.1) is 0 Å². The van der Waals surface area contributed by atoms with E-state index in [0.717, 1.165) is 16.7 Å². The lowest BCUT2D eigenvalue weighted by Crippen LogP contribution is -2.34. The molecule has 144 valence electrons. The van der Waals surface area contributed by atoms with Crippen molar-refractivity contribution >= 4 is 5.91 Å². The Bertz CT molecular complexity index is 913. The minimum atomic E-state index is -0.495. The van der Waals surface area contributed by atoms with Crippen LogP contribution in [-0.4, -0.2) is 17.9 Å². The quantitative estimate of drug-likeness (QED) is 0.643. The third-order valence-corrected chi connectivity index (χ3v) is 4.48. The molecule has 0 aliphatic rings. The molecular formula is C23H23FN2O2. The number of ether oxygens (including phenoxy) is 1. The first-order chi connectivity index (χ1) is 13.5. The third-order valence-electron chi connectivity index (χ3n) is 4.48. The van der Waals surface area contributed by atoms with Gasteiger partial charge in [0.25, 0.3) is 0 Å². The van der Waals surface area contributed by atoms with Crippen LogP contribution in [0.25, 0.3) is 0 Å². The van der Waals surface area contributed by atoms with Gasteiger partial charge in [0, 0.05) is 6.54 Å². The van der Waals surface area contributed by atoms with E-state index in [2.05, 4.69) is 0 Å². The van der Waals surface area contributed by atoms with Crippen LogP contribution in [0.4, 0.5) is 4.39 Å². The van der Waals surface area contributed by atoms with E-state index in [-0.39, 0.29) is 11.7 Å². The number of carbonyl (C=O) groups excluding carboxylic acids is 1. The van der Waals surface area contributed by atoms with Gasteiger partial charge in [0.2, 0.25) is 5.91 Å². The van der Waals surface area contributed by atoms with E-state index in [1.807, 2.05) is 72.6 Å². The summed E-state index contributed by atoms with van der Waals surface area (Å²) in [7, 11) is 1.87. The number of carbonyl (C=O) groups is 1. The standard InChI is InChI=1S/C23H23FN2O2/c1-26(22(23(25)27)19-7-3-2-4-8-19)15-17-10-12-21(13-11-17)28-16-18-6-5-9-20(24)14-18/h2-14,22H,15-16H2,1H3,(H2,25,27). The van der Waals surface area contributed by atoms with Crippen LogP contribution in [0.2, 0.25) is 0 Å². The Kier molecular flexibility index (Phi) is 6.40. The third kappa shape index (κ3) is 5.18. The van der Waals surface area contributed by atoms with Crippen molar-refractivity contribution in [3.8, 4) is 5.75 Å². The van der Waals surface area contributed by atoms with Crippen LogP contribution in [0, 0.1) is 5.82 Å². The molecule has 0 fully saturated rings. The first-order valence-corrected chi connectivity index (χ1v) is 9.03. The first-order valence-electron chi connectivity index (χ1n) is 9.03. The number of rotatable bonds is 8. The van der Waals surface area contributed by atoms with Crippen LogP contribution in [-0.2, 0) is 17.9 Å². The van der Waals surface area contributed by atoms with Gasteiger partial charge in [0.15, 0.2) is 0 Å². The summed E-state index contributed by atoms with van der Waals surface area (Å²) in [5.41, 5.74) is 8.30. The van der Waals surface area contributed by atoms with E-state index in [0.29, 0.717) is 18.9 Å². The van der Waals surface area contributed by atoms with Gasteiger partial charge >= 0.3 is 0 Å². The zero-order chi connectivity index (χ0) is 19.9. The SMILES string of the molecule is CN(Cc1ccc(OCc2cccc(F)c2)cc1)C(C(N)=O)c1ccccc1. The van der Waals surface area contributed by atoms with Crippen molar-refractivity contribution in [3.05, 3.63) is 101 Å². The second-order valence-corrected chi connectivity index (χ2v) is 6.69. The molecule has 0 saturated heterocycles. The van der Waals surface area contributed by atoms with E-state index in [4.69, 9.17) is 10.5 Å². The van der Waals surface area contributed by atoms with Crippen molar-refractivity contribution in [2.75, 3.05) is 7.05 Å². The van der Waals surface area contributed by atoms with Crippen molar-refractivity contribution in [1.82, 2.24) is 4.90 Å². The van der Waals surface area contributed by atoms with E-state index in [1.54, 1.807) is 6.07 Å². The van der Waals surface area contributed by atoms with Gasteiger partial charge in [-0.05, 0) is 48.0 Å². The topological polar surface area (TPSA) is 55.6 Å². The second kappa shape index (κ2) is 9.15. The van der Waals surface area contributed by atoms with Crippen LogP contribution < -0.4 is 10.5 Å². The number of amides is 1. The van der Waals surface area contributed by atoms with E-state index >= 15 is 0 Å². The molecule has 0 bridgehead atoms. The number of nitrogens with two attached hydrogens (primary N) is 1. The fourth-order valence-corrected chi connectivity index (χ4v) is 3.14. The maximum atomic E-state index is 13.2. The molecule has 1 unspecified atom stereocenters. The largest absolute Gasteiger partial charge is 0.489 e. The van der Waals surface area contributed by atoms with Gasteiger partial charge in [-0.1, -0.05) is 54.6 Å². The smallest absolute Gasteiger partial charge is 0.239 e. The molecule has 0 aliphatic heterocycles. The zero-order valence-electron chi connectivity index (χ0n) is 15.7. The highest BCUT2D eigenvalue weighted by Crippen LogP contribution is 2.22. The summed E-state index contributed by atoms with van der Waals surface area (Å²) in [6.45, 7) is 0.863. The minimum absolute atomic E-state index is 0.276. The van der Waals surface area contributed by atoms with E-state index in [1.165, 1.54) is 12.1 Å². The Balaban J connectivity index is 1.62. The van der Waals surface area contributed by atoms with Gasteiger partial charge in [-0.2, -0.15) is 0 Å². The second-order valence-electron chi connectivity index (χ2n) is 6.69. The number of hydrogen-bond donors (Lipinski definition) is 1. The van der Waals surface area contributed by atoms with Crippen molar-refractivity contribution in [2.45, 2.75) is 19.2 Å². The number of nitrogens with zero attached hydrogens (tertiary/aromatic N) is 1. The Labute approximate surface area is 164 Å². The fourth-order valence-electron chi connectivity index (χ4n) is 3.14. The van der Waals surface area contributed by atoms with Crippen molar-refractivity contribution in [2.24, 2.45) is 5.73 Å². The van der Waals surface area contributed by atoms with Crippen molar-refractivity contribution in [3.63, 3.8) is 0 Å². The predicted octanol–water partition coefficient (Wildman–Crippen LogP) is 4.06. The highest BCUT2D eigenvalue weighted by Gasteiger charge is 2.22. The van der Waals surface area contributed by atoms with Gasteiger partial charge < -0.3 is 10.5 Å². The van der Waals surface area contributed by atoms with Crippen LogP contribution in [0.5, 0.6) is 5.75 Å². The van der Waals surface area contributed by atoms with Crippen molar-refractivity contribution in [1.29, 1.82) is 0 Å². The first kappa shape index (κ1) is 19.6. The van der Waals surface area contributed by atoms with Crippen LogP contribution >= 0.6 is 0 Å². The van der Waals surface area contributed by atoms with E-state index in [9.17, 15) is 9.18 Å². The number of halogens is 1. The molecule has 0 aliphatic carbocycles. The fraction of sp³-hybridized carbons (Fsp3) is 0.174. The Hall–Kier alpha value is -3.18. The number of benzene rings is 3. The molecule has 4 nitrogen and oxygen atoms in total. The van der Waals surface area contributed by atoms with E-state index < -0.39 is 6.04 Å². The Morgan fingerprint density at radius 3 is 2.36 bits per heavy atom. The summed E-state index contributed by atoms with van der Waals surface area (Å²) < 4.78 is 18.9. The molecule has 1 amide bonds. The molecule has 0 radical (unpaired) electrons. The number of primary amides is 1. The number of hydrogen-bond acceptors (Lipinski definition) is 3. The lowest BCUT2D eigenvalue weighted by atomic mass is 10.0. The average molecular weight is 378 g/mol.